The summed E-state index contributed by atoms with van der Waals surface area (Å²) in [5, 5.41) is 0. The standard InChI is InChI=1S/C15H31N3O2/c1-17-7-4-5-12-11-18(8-6-14(12)17)13(10-16)9-15(19-2)20-3/h12-15H,4-11,16H2,1-3H3. The highest BCUT2D eigenvalue weighted by atomic mass is 16.7. The Balaban J connectivity index is 1.91. The van der Waals surface area contributed by atoms with E-state index in [1.807, 2.05) is 0 Å². The molecule has 0 saturated carbocycles. The molecule has 0 aliphatic carbocycles. The minimum Gasteiger partial charge on any atom is -0.356 e. The van der Waals surface area contributed by atoms with E-state index < -0.39 is 0 Å². The van der Waals surface area contributed by atoms with Gasteiger partial charge in [-0.25, -0.2) is 0 Å². The zero-order valence-electron chi connectivity index (χ0n) is 13.3. The van der Waals surface area contributed by atoms with Gasteiger partial charge in [-0.2, -0.15) is 0 Å². The molecule has 0 aromatic heterocycles. The van der Waals surface area contributed by atoms with Crippen molar-refractivity contribution in [1.82, 2.24) is 9.80 Å². The summed E-state index contributed by atoms with van der Waals surface area (Å²) in [4.78, 5) is 5.11. The fourth-order valence-corrected chi connectivity index (χ4v) is 3.92. The summed E-state index contributed by atoms with van der Waals surface area (Å²) in [7, 11) is 5.67. The van der Waals surface area contributed by atoms with Crippen LogP contribution in [0.4, 0.5) is 0 Å². The second-order valence-corrected chi connectivity index (χ2v) is 6.26. The van der Waals surface area contributed by atoms with E-state index in [1.165, 1.54) is 32.4 Å². The van der Waals surface area contributed by atoms with Crippen molar-refractivity contribution < 1.29 is 9.47 Å². The maximum Gasteiger partial charge on any atom is 0.158 e. The summed E-state index contributed by atoms with van der Waals surface area (Å²) < 4.78 is 10.7. The van der Waals surface area contributed by atoms with Gasteiger partial charge in [0.2, 0.25) is 0 Å². The molecule has 0 radical (unpaired) electrons. The first kappa shape index (κ1) is 16.2. The van der Waals surface area contributed by atoms with Crippen LogP contribution in [0.2, 0.25) is 0 Å². The topological polar surface area (TPSA) is 51.0 Å². The van der Waals surface area contributed by atoms with Gasteiger partial charge < -0.3 is 20.1 Å². The van der Waals surface area contributed by atoms with Gasteiger partial charge in [-0.05, 0) is 45.3 Å². The molecule has 2 fully saturated rings. The smallest absolute Gasteiger partial charge is 0.158 e. The Labute approximate surface area is 123 Å². The lowest BCUT2D eigenvalue weighted by atomic mass is 9.83. The van der Waals surface area contributed by atoms with Crippen LogP contribution in [0.5, 0.6) is 0 Å². The van der Waals surface area contributed by atoms with Crippen molar-refractivity contribution in [1.29, 1.82) is 0 Å². The largest absolute Gasteiger partial charge is 0.356 e. The van der Waals surface area contributed by atoms with Gasteiger partial charge in [-0.15, -0.1) is 0 Å². The van der Waals surface area contributed by atoms with Crippen LogP contribution in [0.15, 0.2) is 0 Å². The molecule has 2 aliphatic rings. The first-order valence-electron chi connectivity index (χ1n) is 7.89. The zero-order chi connectivity index (χ0) is 14.5. The van der Waals surface area contributed by atoms with Gasteiger partial charge in [0.1, 0.15) is 0 Å². The monoisotopic (exact) mass is 285 g/mol. The van der Waals surface area contributed by atoms with Crippen LogP contribution < -0.4 is 5.73 Å². The maximum absolute atomic E-state index is 5.99. The molecule has 3 unspecified atom stereocenters. The molecule has 2 aliphatic heterocycles. The Hall–Kier alpha value is -0.200. The summed E-state index contributed by atoms with van der Waals surface area (Å²) in [6.07, 6.45) is 4.67. The Morgan fingerprint density at radius 2 is 1.95 bits per heavy atom. The maximum atomic E-state index is 5.99. The van der Waals surface area contributed by atoms with E-state index >= 15 is 0 Å². The van der Waals surface area contributed by atoms with Crippen molar-refractivity contribution in [2.24, 2.45) is 11.7 Å². The SMILES string of the molecule is COC(CC(CN)N1CCC2C(CCCN2C)C1)OC. The molecule has 0 aromatic carbocycles. The summed E-state index contributed by atoms with van der Waals surface area (Å²) >= 11 is 0. The summed E-state index contributed by atoms with van der Waals surface area (Å²) in [6.45, 7) is 4.26. The van der Waals surface area contributed by atoms with E-state index in [0.29, 0.717) is 12.6 Å². The van der Waals surface area contributed by atoms with Gasteiger partial charge in [0.05, 0.1) is 0 Å². The van der Waals surface area contributed by atoms with Crippen LogP contribution in [0.3, 0.4) is 0 Å². The molecule has 5 nitrogen and oxygen atoms in total. The van der Waals surface area contributed by atoms with Crippen LogP contribution in [-0.4, -0.2) is 75.6 Å². The molecule has 2 N–H and O–H groups in total. The normalized spacial score (nSPS) is 30.4. The predicted molar refractivity (Wildman–Crippen MR) is 80.6 cm³/mol. The second-order valence-electron chi connectivity index (χ2n) is 6.26. The molecule has 0 spiro atoms. The number of hydrogen-bond acceptors (Lipinski definition) is 5. The van der Waals surface area contributed by atoms with E-state index in [2.05, 4.69) is 16.8 Å². The highest BCUT2D eigenvalue weighted by Gasteiger charge is 2.36. The van der Waals surface area contributed by atoms with Crippen molar-refractivity contribution in [3.05, 3.63) is 0 Å². The number of likely N-dealkylation sites (tertiary alicyclic amines) is 2. The highest BCUT2D eigenvalue weighted by molar-refractivity contribution is 4.91. The van der Waals surface area contributed by atoms with Crippen molar-refractivity contribution in [2.45, 2.75) is 44.1 Å². The molecule has 2 saturated heterocycles. The molecule has 2 rings (SSSR count). The van der Waals surface area contributed by atoms with Gasteiger partial charge in [-0.1, -0.05) is 0 Å². The average molecular weight is 285 g/mol. The van der Waals surface area contributed by atoms with Gasteiger partial charge in [-0.3, -0.25) is 4.90 Å². The van der Waals surface area contributed by atoms with Gasteiger partial charge >= 0.3 is 0 Å². The third-order valence-electron chi connectivity index (χ3n) is 5.16. The number of methoxy groups -OCH3 is 2. The number of rotatable bonds is 6. The van der Waals surface area contributed by atoms with Crippen LogP contribution in [-0.2, 0) is 9.47 Å². The van der Waals surface area contributed by atoms with E-state index in [-0.39, 0.29) is 6.29 Å². The molecule has 5 heteroatoms. The second kappa shape index (κ2) is 7.71. The fourth-order valence-electron chi connectivity index (χ4n) is 3.92. The fraction of sp³-hybridized carbons (Fsp3) is 1.00. The zero-order valence-corrected chi connectivity index (χ0v) is 13.3. The molecule has 0 bridgehead atoms. The third-order valence-corrected chi connectivity index (χ3v) is 5.16. The summed E-state index contributed by atoms with van der Waals surface area (Å²) in [5.41, 5.74) is 5.99. The first-order chi connectivity index (χ1) is 9.69. The quantitative estimate of drug-likeness (QED) is 0.730. The molecular weight excluding hydrogens is 254 g/mol. The predicted octanol–water partition coefficient (Wildman–Crippen LogP) is 0.739. The van der Waals surface area contributed by atoms with Crippen molar-refractivity contribution in [3.63, 3.8) is 0 Å². The number of nitrogens with zero attached hydrogens (tertiary/aromatic N) is 2. The Bertz CT molecular complexity index is 286. The lowest BCUT2D eigenvalue weighted by molar-refractivity contribution is -0.119. The Kier molecular flexibility index (Phi) is 6.23. The Morgan fingerprint density at radius 3 is 2.60 bits per heavy atom. The van der Waals surface area contributed by atoms with Crippen LogP contribution in [0, 0.1) is 5.92 Å². The molecule has 2 heterocycles. The third kappa shape index (κ3) is 3.71. The number of hydrogen-bond donors (Lipinski definition) is 1. The van der Waals surface area contributed by atoms with Crippen molar-refractivity contribution in [2.75, 3.05) is 47.4 Å². The van der Waals surface area contributed by atoms with E-state index in [0.717, 1.165) is 24.9 Å². The number of fused-ring (bicyclic) bond motifs is 1. The molecule has 0 aromatic rings. The van der Waals surface area contributed by atoms with E-state index in [1.54, 1.807) is 14.2 Å². The van der Waals surface area contributed by atoms with Gasteiger partial charge in [0, 0.05) is 45.8 Å². The lowest BCUT2D eigenvalue weighted by Crippen LogP contribution is -2.56. The number of piperidine rings is 2. The van der Waals surface area contributed by atoms with Gasteiger partial charge in [0.25, 0.3) is 0 Å². The Morgan fingerprint density at radius 1 is 1.20 bits per heavy atom. The van der Waals surface area contributed by atoms with Crippen molar-refractivity contribution >= 4 is 0 Å². The first-order valence-corrected chi connectivity index (χ1v) is 7.89. The molecular formula is C15H31N3O2. The molecule has 20 heavy (non-hydrogen) atoms. The lowest BCUT2D eigenvalue weighted by Gasteiger charge is -2.48. The summed E-state index contributed by atoms with van der Waals surface area (Å²) in [5.74, 6) is 0.806. The average Bonchev–Trinajstić information content (AvgIpc) is 2.48. The molecule has 118 valence electrons. The van der Waals surface area contributed by atoms with E-state index in [4.69, 9.17) is 15.2 Å². The van der Waals surface area contributed by atoms with E-state index in [9.17, 15) is 0 Å². The minimum atomic E-state index is -0.143. The number of ether oxygens (including phenoxy) is 2. The number of nitrogens with two attached hydrogens (primary N) is 1. The van der Waals surface area contributed by atoms with Crippen LogP contribution in [0.1, 0.15) is 25.7 Å². The summed E-state index contributed by atoms with van der Waals surface area (Å²) in [6, 6.07) is 1.15. The molecule has 3 atom stereocenters. The van der Waals surface area contributed by atoms with Gasteiger partial charge in [0.15, 0.2) is 6.29 Å². The minimum absolute atomic E-state index is 0.143. The highest BCUT2D eigenvalue weighted by Crippen LogP contribution is 2.30. The van der Waals surface area contributed by atoms with Crippen LogP contribution in [0.25, 0.3) is 0 Å². The van der Waals surface area contributed by atoms with Crippen molar-refractivity contribution in [3.8, 4) is 0 Å². The van der Waals surface area contributed by atoms with Crippen LogP contribution >= 0.6 is 0 Å². The molecule has 0 amide bonds.